The summed E-state index contributed by atoms with van der Waals surface area (Å²) in [7, 11) is 0. The molecule has 0 aliphatic heterocycles. The van der Waals surface area contributed by atoms with Crippen molar-refractivity contribution in [1.82, 2.24) is 0 Å². The highest BCUT2D eigenvalue weighted by Gasteiger charge is 2.27. The molecule has 0 radical (unpaired) electrons. The van der Waals surface area contributed by atoms with E-state index in [1.54, 1.807) is 12.1 Å². The lowest BCUT2D eigenvalue weighted by Gasteiger charge is -2.31. The van der Waals surface area contributed by atoms with Crippen molar-refractivity contribution in [1.29, 1.82) is 0 Å². The van der Waals surface area contributed by atoms with Crippen LogP contribution >= 0.6 is 11.6 Å². The average Bonchev–Trinajstić information content (AvgIpc) is 2.50. The van der Waals surface area contributed by atoms with Gasteiger partial charge >= 0.3 is 0 Å². The largest absolute Gasteiger partial charge is 0.204 e. The lowest BCUT2D eigenvalue weighted by atomic mass is 9.77. The second kappa shape index (κ2) is 8.12. The molecule has 0 heterocycles. The molecule has 1 atom stereocenters. The van der Waals surface area contributed by atoms with Crippen LogP contribution < -0.4 is 0 Å². The molecule has 1 aromatic carbocycles. The Morgan fingerprint density at radius 3 is 2.57 bits per heavy atom. The highest BCUT2D eigenvalue weighted by molar-refractivity contribution is 6.20. The zero-order valence-corrected chi connectivity index (χ0v) is 13.5. The molecule has 0 aromatic heterocycles. The minimum absolute atomic E-state index is 0.0894. The Morgan fingerprint density at radius 1 is 1.19 bits per heavy atom. The van der Waals surface area contributed by atoms with Crippen molar-refractivity contribution in [2.45, 2.75) is 63.7 Å². The maximum absolute atomic E-state index is 13.7. The number of hydrogen-bond acceptors (Lipinski definition) is 0. The van der Waals surface area contributed by atoms with Gasteiger partial charge in [0.05, 0.1) is 0 Å². The number of hydrogen-bond donors (Lipinski definition) is 0. The van der Waals surface area contributed by atoms with Gasteiger partial charge in [-0.1, -0.05) is 51.2 Å². The van der Waals surface area contributed by atoms with Crippen LogP contribution in [0.3, 0.4) is 0 Å². The molecule has 0 amide bonds. The van der Waals surface area contributed by atoms with Crippen LogP contribution in [0.15, 0.2) is 18.2 Å². The Balaban J connectivity index is 1.84. The predicted octanol–water partition coefficient (Wildman–Crippen LogP) is 6.11. The molecule has 1 fully saturated rings. The van der Waals surface area contributed by atoms with Gasteiger partial charge in [0.1, 0.15) is 0 Å². The highest BCUT2D eigenvalue weighted by atomic mass is 35.5. The van der Waals surface area contributed by atoms with Gasteiger partial charge in [0.25, 0.3) is 0 Å². The SMILES string of the molecule is CCCCC1CCC(C(Cl)Cc2cccc(F)c2F)CC1. The zero-order chi connectivity index (χ0) is 15.2. The number of benzene rings is 1. The lowest BCUT2D eigenvalue weighted by molar-refractivity contribution is 0.252. The van der Waals surface area contributed by atoms with E-state index in [0.29, 0.717) is 17.9 Å². The minimum Gasteiger partial charge on any atom is -0.204 e. The molecule has 1 aliphatic rings. The molecule has 0 nitrogen and oxygen atoms in total. The Labute approximate surface area is 131 Å². The van der Waals surface area contributed by atoms with E-state index in [9.17, 15) is 8.78 Å². The van der Waals surface area contributed by atoms with Crippen molar-refractivity contribution < 1.29 is 8.78 Å². The van der Waals surface area contributed by atoms with Gasteiger partial charge in [-0.25, -0.2) is 8.78 Å². The zero-order valence-electron chi connectivity index (χ0n) is 12.8. The molecule has 0 bridgehead atoms. The topological polar surface area (TPSA) is 0 Å². The van der Waals surface area contributed by atoms with Crippen molar-refractivity contribution in [3.8, 4) is 0 Å². The first-order valence-corrected chi connectivity index (χ1v) is 8.62. The lowest BCUT2D eigenvalue weighted by Crippen LogP contribution is -2.24. The van der Waals surface area contributed by atoms with Crippen LogP contribution in [0.1, 0.15) is 57.4 Å². The molecule has 3 heteroatoms. The van der Waals surface area contributed by atoms with Gasteiger partial charge in [-0.15, -0.1) is 11.6 Å². The Kier molecular flexibility index (Phi) is 6.47. The molecular formula is C18H25ClF2. The van der Waals surface area contributed by atoms with E-state index >= 15 is 0 Å². The van der Waals surface area contributed by atoms with Gasteiger partial charge in [0, 0.05) is 5.38 Å². The van der Waals surface area contributed by atoms with E-state index in [1.165, 1.54) is 32.1 Å². The maximum atomic E-state index is 13.7. The molecule has 118 valence electrons. The third-order valence-corrected chi connectivity index (χ3v) is 5.33. The highest BCUT2D eigenvalue weighted by Crippen LogP contribution is 2.36. The Hall–Kier alpha value is -0.630. The maximum Gasteiger partial charge on any atom is 0.162 e. The van der Waals surface area contributed by atoms with Crippen molar-refractivity contribution in [2.24, 2.45) is 11.8 Å². The minimum atomic E-state index is -0.778. The molecule has 1 unspecified atom stereocenters. The third kappa shape index (κ3) is 4.67. The van der Waals surface area contributed by atoms with E-state index in [2.05, 4.69) is 6.92 Å². The Bertz CT molecular complexity index is 439. The first-order chi connectivity index (χ1) is 10.1. The summed E-state index contributed by atoms with van der Waals surface area (Å²) in [5, 5.41) is -0.0894. The standard InChI is InChI=1S/C18H25ClF2/c1-2-3-5-13-8-10-14(11-9-13)16(19)12-15-6-4-7-17(20)18(15)21/h4,6-7,13-14,16H,2-3,5,8-12H2,1H3. The average molecular weight is 315 g/mol. The van der Waals surface area contributed by atoms with Gasteiger partial charge in [0.2, 0.25) is 0 Å². The fourth-order valence-electron chi connectivity index (χ4n) is 3.41. The van der Waals surface area contributed by atoms with Crippen LogP contribution in [0.4, 0.5) is 8.78 Å². The van der Waals surface area contributed by atoms with Crippen molar-refractivity contribution in [2.75, 3.05) is 0 Å². The van der Waals surface area contributed by atoms with Crippen molar-refractivity contribution in [3.63, 3.8) is 0 Å². The van der Waals surface area contributed by atoms with E-state index in [0.717, 1.165) is 24.8 Å². The molecule has 1 aliphatic carbocycles. The quantitative estimate of drug-likeness (QED) is 0.555. The van der Waals surface area contributed by atoms with E-state index < -0.39 is 11.6 Å². The van der Waals surface area contributed by atoms with Crippen LogP contribution in [-0.4, -0.2) is 5.38 Å². The summed E-state index contributed by atoms with van der Waals surface area (Å²) in [6, 6.07) is 4.35. The summed E-state index contributed by atoms with van der Waals surface area (Å²) < 4.78 is 26.9. The molecule has 1 saturated carbocycles. The monoisotopic (exact) mass is 314 g/mol. The summed E-state index contributed by atoms with van der Waals surface area (Å²) in [6.07, 6.45) is 9.05. The smallest absolute Gasteiger partial charge is 0.162 e. The summed E-state index contributed by atoms with van der Waals surface area (Å²) >= 11 is 6.48. The van der Waals surface area contributed by atoms with Gasteiger partial charge < -0.3 is 0 Å². The third-order valence-electron chi connectivity index (χ3n) is 4.82. The van der Waals surface area contributed by atoms with E-state index in [1.807, 2.05) is 0 Å². The normalized spacial score (nSPS) is 24.0. The van der Waals surface area contributed by atoms with Gasteiger partial charge in [0.15, 0.2) is 11.6 Å². The number of halogens is 3. The fourth-order valence-corrected chi connectivity index (χ4v) is 3.83. The molecule has 0 N–H and O–H groups in total. The summed E-state index contributed by atoms with van der Waals surface area (Å²) in [4.78, 5) is 0. The summed E-state index contributed by atoms with van der Waals surface area (Å²) in [6.45, 7) is 2.23. The van der Waals surface area contributed by atoms with Gasteiger partial charge in [-0.05, 0) is 42.7 Å². The van der Waals surface area contributed by atoms with E-state index in [-0.39, 0.29) is 5.38 Å². The van der Waals surface area contributed by atoms with Crippen LogP contribution in [0, 0.1) is 23.5 Å². The molecule has 2 rings (SSSR count). The summed E-state index contributed by atoms with van der Waals surface area (Å²) in [5.74, 6) is -0.234. The Morgan fingerprint density at radius 2 is 1.90 bits per heavy atom. The first kappa shape index (κ1) is 16.7. The van der Waals surface area contributed by atoms with Crippen molar-refractivity contribution >= 4 is 11.6 Å². The molecule has 0 spiro atoms. The van der Waals surface area contributed by atoms with Crippen LogP contribution in [0.2, 0.25) is 0 Å². The molecule has 1 aromatic rings. The second-order valence-corrected chi connectivity index (χ2v) is 6.92. The van der Waals surface area contributed by atoms with Gasteiger partial charge in [-0.2, -0.15) is 0 Å². The fraction of sp³-hybridized carbons (Fsp3) is 0.667. The first-order valence-electron chi connectivity index (χ1n) is 8.18. The van der Waals surface area contributed by atoms with Crippen LogP contribution in [0.5, 0.6) is 0 Å². The van der Waals surface area contributed by atoms with Crippen molar-refractivity contribution in [3.05, 3.63) is 35.4 Å². The molecule has 0 saturated heterocycles. The van der Waals surface area contributed by atoms with Crippen LogP contribution in [0.25, 0.3) is 0 Å². The number of unbranched alkanes of at least 4 members (excludes halogenated alkanes) is 1. The molecule has 21 heavy (non-hydrogen) atoms. The van der Waals surface area contributed by atoms with E-state index in [4.69, 9.17) is 11.6 Å². The van der Waals surface area contributed by atoms with Gasteiger partial charge in [-0.3, -0.25) is 0 Å². The summed E-state index contributed by atoms with van der Waals surface area (Å²) in [5.41, 5.74) is 0.406. The van der Waals surface area contributed by atoms with Crippen LogP contribution in [-0.2, 0) is 6.42 Å². The predicted molar refractivity (Wildman–Crippen MR) is 84.7 cm³/mol. The second-order valence-electron chi connectivity index (χ2n) is 6.36. The number of alkyl halides is 1. The number of rotatable bonds is 6. The molecular weight excluding hydrogens is 290 g/mol.